The molecule has 0 aliphatic carbocycles. The second-order valence-corrected chi connectivity index (χ2v) is 3.60. The highest BCUT2D eigenvalue weighted by atomic mass is 19.1. The van der Waals surface area contributed by atoms with Gasteiger partial charge >= 0.3 is 0 Å². The van der Waals surface area contributed by atoms with Crippen molar-refractivity contribution in [2.24, 2.45) is 0 Å². The van der Waals surface area contributed by atoms with E-state index in [4.69, 9.17) is 20.5 Å². The second-order valence-electron chi connectivity index (χ2n) is 3.60. The Morgan fingerprint density at radius 3 is 2.74 bits per heavy atom. The Kier molecular flexibility index (Phi) is 3.48. The summed E-state index contributed by atoms with van der Waals surface area (Å²) < 4.78 is 23.7. The molecule has 0 saturated heterocycles. The summed E-state index contributed by atoms with van der Waals surface area (Å²) in [6.07, 6.45) is 0. The van der Waals surface area contributed by atoms with Gasteiger partial charge in [-0.3, -0.25) is 0 Å². The zero-order valence-electron chi connectivity index (χ0n) is 10.1. The van der Waals surface area contributed by atoms with Crippen LogP contribution in [0.25, 0.3) is 0 Å². The summed E-state index contributed by atoms with van der Waals surface area (Å²) in [5.74, 6) is -0.0211. The number of pyridine rings is 1. The predicted molar refractivity (Wildman–Crippen MR) is 66.4 cm³/mol. The molecule has 2 rings (SSSR count). The van der Waals surface area contributed by atoms with Gasteiger partial charge in [-0.1, -0.05) is 0 Å². The standard InChI is InChI=1S/C13H10FN3O2/c1-18-12-5-4-11(16)13(17-12)19-9-3-2-8(7-15)10(14)6-9/h2-6H,16H2,1H3. The topological polar surface area (TPSA) is 81.2 Å². The van der Waals surface area contributed by atoms with Crippen LogP contribution in [0.2, 0.25) is 0 Å². The molecule has 19 heavy (non-hydrogen) atoms. The molecule has 0 bridgehead atoms. The minimum Gasteiger partial charge on any atom is -0.481 e. The van der Waals surface area contributed by atoms with Crippen molar-refractivity contribution >= 4 is 5.69 Å². The average Bonchev–Trinajstić information content (AvgIpc) is 2.41. The average molecular weight is 259 g/mol. The molecule has 0 aliphatic heterocycles. The summed E-state index contributed by atoms with van der Waals surface area (Å²) in [5.41, 5.74) is 5.94. The van der Waals surface area contributed by atoms with Crippen LogP contribution in [0.5, 0.6) is 17.5 Å². The summed E-state index contributed by atoms with van der Waals surface area (Å²) in [7, 11) is 1.46. The Hall–Kier alpha value is -2.81. The number of hydrogen-bond donors (Lipinski definition) is 1. The lowest BCUT2D eigenvalue weighted by atomic mass is 10.2. The molecule has 1 heterocycles. The number of methoxy groups -OCH3 is 1. The van der Waals surface area contributed by atoms with Crippen LogP contribution in [-0.4, -0.2) is 12.1 Å². The summed E-state index contributed by atoms with van der Waals surface area (Å²) in [5, 5.41) is 8.63. The highest BCUT2D eigenvalue weighted by molar-refractivity contribution is 5.51. The lowest BCUT2D eigenvalue weighted by Crippen LogP contribution is -1.97. The predicted octanol–water partition coefficient (Wildman–Crippen LogP) is 2.48. The van der Waals surface area contributed by atoms with Crippen LogP contribution in [0.3, 0.4) is 0 Å². The molecular weight excluding hydrogens is 249 g/mol. The quantitative estimate of drug-likeness (QED) is 0.915. The molecule has 96 valence electrons. The number of aromatic nitrogens is 1. The van der Waals surface area contributed by atoms with E-state index in [0.717, 1.165) is 6.07 Å². The number of anilines is 1. The molecule has 2 aromatic rings. The smallest absolute Gasteiger partial charge is 0.246 e. The number of nitrogen functional groups attached to an aromatic ring is 1. The van der Waals surface area contributed by atoms with E-state index in [1.54, 1.807) is 18.2 Å². The largest absolute Gasteiger partial charge is 0.481 e. The van der Waals surface area contributed by atoms with Crippen LogP contribution in [0.15, 0.2) is 30.3 Å². The molecular formula is C13H10FN3O2. The van der Waals surface area contributed by atoms with Crippen LogP contribution in [-0.2, 0) is 0 Å². The van der Waals surface area contributed by atoms with Crippen LogP contribution in [0.4, 0.5) is 10.1 Å². The van der Waals surface area contributed by atoms with E-state index in [1.807, 2.05) is 0 Å². The van der Waals surface area contributed by atoms with E-state index >= 15 is 0 Å². The number of nitrogens with zero attached hydrogens (tertiary/aromatic N) is 2. The van der Waals surface area contributed by atoms with E-state index in [0.29, 0.717) is 11.6 Å². The number of nitriles is 1. The van der Waals surface area contributed by atoms with Gasteiger partial charge in [0, 0.05) is 12.1 Å². The number of hydrogen-bond acceptors (Lipinski definition) is 5. The monoisotopic (exact) mass is 259 g/mol. The van der Waals surface area contributed by atoms with Crippen molar-refractivity contribution in [1.29, 1.82) is 5.26 Å². The molecule has 0 aliphatic rings. The first-order valence-electron chi connectivity index (χ1n) is 5.32. The molecule has 1 aromatic heterocycles. The van der Waals surface area contributed by atoms with Gasteiger partial charge in [0.05, 0.1) is 18.4 Å². The molecule has 2 N–H and O–H groups in total. The zero-order chi connectivity index (χ0) is 13.8. The van der Waals surface area contributed by atoms with Crippen LogP contribution < -0.4 is 15.2 Å². The lowest BCUT2D eigenvalue weighted by Gasteiger charge is -2.08. The third kappa shape index (κ3) is 2.72. The maximum atomic E-state index is 13.4. The summed E-state index contributed by atoms with van der Waals surface area (Å²) in [4.78, 5) is 4.00. The molecule has 0 spiro atoms. The van der Waals surface area contributed by atoms with Gasteiger partial charge < -0.3 is 15.2 Å². The van der Waals surface area contributed by atoms with E-state index in [1.165, 1.54) is 19.2 Å². The van der Waals surface area contributed by atoms with E-state index in [9.17, 15) is 4.39 Å². The molecule has 0 radical (unpaired) electrons. The van der Waals surface area contributed by atoms with Gasteiger partial charge in [-0.2, -0.15) is 10.2 Å². The summed E-state index contributed by atoms with van der Waals surface area (Å²) in [6.45, 7) is 0. The van der Waals surface area contributed by atoms with E-state index in [2.05, 4.69) is 4.98 Å². The van der Waals surface area contributed by atoms with Crippen molar-refractivity contribution in [2.75, 3.05) is 12.8 Å². The third-order valence-corrected chi connectivity index (χ3v) is 2.35. The van der Waals surface area contributed by atoms with Crippen LogP contribution >= 0.6 is 0 Å². The molecule has 1 aromatic carbocycles. The van der Waals surface area contributed by atoms with E-state index < -0.39 is 5.82 Å². The van der Waals surface area contributed by atoms with Crippen molar-refractivity contribution in [3.63, 3.8) is 0 Å². The molecule has 5 nitrogen and oxygen atoms in total. The molecule has 0 atom stereocenters. The fourth-order valence-corrected chi connectivity index (χ4v) is 1.39. The maximum Gasteiger partial charge on any atom is 0.246 e. The molecule has 6 heteroatoms. The number of ether oxygens (including phenoxy) is 2. The Balaban J connectivity index is 2.31. The van der Waals surface area contributed by atoms with Gasteiger partial charge in [0.25, 0.3) is 0 Å². The number of nitrogens with two attached hydrogens (primary N) is 1. The Morgan fingerprint density at radius 1 is 1.32 bits per heavy atom. The van der Waals surface area contributed by atoms with Crippen LogP contribution in [0, 0.1) is 17.1 Å². The normalized spacial score (nSPS) is 9.74. The Morgan fingerprint density at radius 2 is 2.11 bits per heavy atom. The van der Waals surface area contributed by atoms with Gasteiger partial charge in [0.15, 0.2) is 0 Å². The minimum absolute atomic E-state index is 0.0566. The van der Waals surface area contributed by atoms with Gasteiger partial charge in [-0.05, 0) is 18.2 Å². The summed E-state index contributed by atoms with van der Waals surface area (Å²) in [6, 6.07) is 8.76. The molecule has 0 fully saturated rings. The van der Waals surface area contributed by atoms with Crippen molar-refractivity contribution in [1.82, 2.24) is 4.98 Å². The SMILES string of the molecule is COc1ccc(N)c(Oc2ccc(C#N)c(F)c2)n1. The van der Waals surface area contributed by atoms with Gasteiger partial charge in [0.1, 0.15) is 17.6 Å². The van der Waals surface area contributed by atoms with Crippen molar-refractivity contribution in [3.05, 3.63) is 41.7 Å². The second kappa shape index (κ2) is 5.23. The molecule has 0 unspecified atom stereocenters. The highest BCUT2D eigenvalue weighted by Gasteiger charge is 2.08. The molecule has 0 amide bonds. The van der Waals surface area contributed by atoms with Gasteiger partial charge in [-0.15, -0.1) is 0 Å². The van der Waals surface area contributed by atoms with Crippen LogP contribution in [0.1, 0.15) is 5.56 Å². The third-order valence-electron chi connectivity index (χ3n) is 2.35. The fourth-order valence-electron chi connectivity index (χ4n) is 1.39. The number of rotatable bonds is 3. The van der Waals surface area contributed by atoms with Crippen molar-refractivity contribution < 1.29 is 13.9 Å². The highest BCUT2D eigenvalue weighted by Crippen LogP contribution is 2.28. The maximum absolute atomic E-state index is 13.4. The summed E-state index contributed by atoms with van der Waals surface area (Å²) >= 11 is 0. The van der Waals surface area contributed by atoms with Crippen molar-refractivity contribution in [2.45, 2.75) is 0 Å². The fraction of sp³-hybridized carbons (Fsp3) is 0.0769. The minimum atomic E-state index is -0.665. The zero-order valence-corrected chi connectivity index (χ0v) is 10.1. The first kappa shape index (κ1) is 12.6. The van der Waals surface area contributed by atoms with Crippen molar-refractivity contribution in [3.8, 4) is 23.6 Å². The lowest BCUT2D eigenvalue weighted by molar-refractivity contribution is 0.384. The molecule has 0 saturated carbocycles. The van der Waals surface area contributed by atoms with Gasteiger partial charge in [0.2, 0.25) is 11.8 Å². The van der Waals surface area contributed by atoms with E-state index in [-0.39, 0.29) is 17.2 Å². The number of halogens is 1. The first-order chi connectivity index (χ1) is 9.13. The number of benzene rings is 1. The Bertz CT molecular complexity index is 653. The van der Waals surface area contributed by atoms with Gasteiger partial charge in [-0.25, -0.2) is 4.39 Å². The Labute approximate surface area is 109 Å². The first-order valence-corrected chi connectivity index (χ1v) is 5.32.